The molecule has 1 N–H and O–H groups in total. The molecule has 0 atom stereocenters. The number of methoxy groups -OCH3 is 1. The average Bonchev–Trinajstić information content (AvgIpc) is 2.34. The van der Waals surface area contributed by atoms with Gasteiger partial charge >= 0.3 is 0 Å². The lowest BCUT2D eigenvalue weighted by atomic mass is 10.3. The van der Waals surface area contributed by atoms with Crippen LogP contribution in [0.5, 0.6) is 0 Å². The van der Waals surface area contributed by atoms with E-state index in [1.54, 1.807) is 7.11 Å². The highest BCUT2D eigenvalue weighted by molar-refractivity contribution is 5.44. The summed E-state index contributed by atoms with van der Waals surface area (Å²) in [5, 5.41) is 2.74. The van der Waals surface area contributed by atoms with Gasteiger partial charge in [0.2, 0.25) is 0 Å². The molecule has 0 amide bonds. The van der Waals surface area contributed by atoms with Crippen molar-refractivity contribution in [3.63, 3.8) is 0 Å². The first kappa shape index (κ1) is 14.8. The summed E-state index contributed by atoms with van der Waals surface area (Å²) in [4.78, 5) is 0. The van der Waals surface area contributed by atoms with Crippen LogP contribution < -0.4 is 5.32 Å². The van der Waals surface area contributed by atoms with Gasteiger partial charge in [-0.1, -0.05) is 0 Å². The number of hydrogen-bond acceptors (Lipinski definition) is 3. The molecule has 0 bridgehead atoms. The van der Waals surface area contributed by atoms with Gasteiger partial charge in [-0.25, -0.2) is 13.2 Å². The van der Waals surface area contributed by atoms with Crippen molar-refractivity contribution in [3.05, 3.63) is 29.6 Å². The van der Waals surface area contributed by atoms with Crippen LogP contribution in [0.15, 0.2) is 12.1 Å². The van der Waals surface area contributed by atoms with Crippen LogP contribution in [-0.2, 0) is 9.47 Å². The molecule has 0 radical (unpaired) electrons. The molecule has 0 aliphatic heterocycles. The van der Waals surface area contributed by atoms with Crippen molar-refractivity contribution in [2.45, 2.75) is 6.42 Å². The minimum Gasteiger partial charge on any atom is -0.385 e. The fourth-order valence-electron chi connectivity index (χ4n) is 1.33. The second kappa shape index (κ2) is 7.94. The summed E-state index contributed by atoms with van der Waals surface area (Å²) in [6, 6.07) is 1.81. The molecule has 0 spiro atoms. The molecule has 102 valence electrons. The average molecular weight is 263 g/mol. The third kappa shape index (κ3) is 4.93. The van der Waals surface area contributed by atoms with Gasteiger partial charge in [-0.3, -0.25) is 0 Å². The first-order valence-electron chi connectivity index (χ1n) is 5.60. The zero-order valence-corrected chi connectivity index (χ0v) is 10.1. The lowest BCUT2D eigenvalue weighted by Gasteiger charge is -2.08. The summed E-state index contributed by atoms with van der Waals surface area (Å²) < 4.78 is 48.4. The molecular formula is C12H16F3NO2. The van der Waals surface area contributed by atoms with E-state index in [1.165, 1.54) is 0 Å². The summed E-state index contributed by atoms with van der Waals surface area (Å²) in [5.74, 6) is -3.88. The van der Waals surface area contributed by atoms with Crippen molar-refractivity contribution < 1.29 is 22.6 Å². The third-order valence-corrected chi connectivity index (χ3v) is 2.20. The first-order chi connectivity index (χ1) is 8.65. The lowest BCUT2D eigenvalue weighted by Crippen LogP contribution is -2.11. The predicted molar refractivity (Wildman–Crippen MR) is 62.1 cm³/mol. The van der Waals surface area contributed by atoms with Gasteiger partial charge in [-0.15, -0.1) is 0 Å². The number of anilines is 1. The highest BCUT2D eigenvalue weighted by atomic mass is 19.2. The summed E-state index contributed by atoms with van der Waals surface area (Å²) in [5.41, 5.74) is 0.187. The van der Waals surface area contributed by atoms with Gasteiger partial charge in [0.1, 0.15) is 0 Å². The fourth-order valence-corrected chi connectivity index (χ4v) is 1.33. The Labute approximate surface area is 104 Å². The van der Waals surface area contributed by atoms with E-state index in [0.29, 0.717) is 26.4 Å². The van der Waals surface area contributed by atoms with Gasteiger partial charge in [0, 0.05) is 44.7 Å². The van der Waals surface area contributed by atoms with Crippen LogP contribution in [0.25, 0.3) is 0 Å². The van der Waals surface area contributed by atoms with Crippen molar-refractivity contribution in [1.29, 1.82) is 0 Å². The third-order valence-electron chi connectivity index (χ3n) is 2.20. The summed E-state index contributed by atoms with van der Waals surface area (Å²) in [6.45, 7) is 1.96. The fraction of sp³-hybridized carbons (Fsp3) is 0.500. The SMILES string of the molecule is COCCCOCCNc1cc(F)c(F)c(F)c1. The van der Waals surface area contributed by atoms with Gasteiger partial charge in [0.15, 0.2) is 17.5 Å². The topological polar surface area (TPSA) is 30.5 Å². The van der Waals surface area contributed by atoms with Crippen molar-refractivity contribution in [2.24, 2.45) is 0 Å². The summed E-state index contributed by atoms with van der Waals surface area (Å²) >= 11 is 0. The van der Waals surface area contributed by atoms with Crippen LogP contribution in [0.4, 0.5) is 18.9 Å². The van der Waals surface area contributed by atoms with Gasteiger partial charge in [0.05, 0.1) is 6.61 Å². The van der Waals surface area contributed by atoms with Crippen LogP contribution in [0.1, 0.15) is 6.42 Å². The second-order valence-electron chi connectivity index (χ2n) is 3.64. The minimum atomic E-state index is -1.46. The standard InChI is InChI=1S/C12H16F3NO2/c1-17-4-2-5-18-6-3-16-9-7-10(13)12(15)11(14)8-9/h7-8,16H,2-6H2,1H3. The van der Waals surface area contributed by atoms with Crippen molar-refractivity contribution >= 4 is 5.69 Å². The molecule has 3 nitrogen and oxygen atoms in total. The zero-order chi connectivity index (χ0) is 13.4. The smallest absolute Gasteiger partial charge is 0.194 e. The molecule has 0 fully saturated rings. The highest BCUT2D eigenvalue weighted by Gasteiger charge is 2.09. The molecule has 0 aliphatic carbocycles. The van der Waals surface area contributed by atoms with Crippen LogP contribution in [-0.4, -0.2) is 33.5 Å². The Bertz CT molecular complexity index is 351. The molecule has 18 heavy (non-hydrogen) atoms. The number of hydrogen-bond donors (Lipinski definition) is 1. The molecule has 6 heteroatoms. The summed E-state index contributed by atoms with van der Waals surface area (Å²) in [7, 11) is 1.61. The van der Waals surface area contributed by atoms with E-state index in [0.717, 1.165) is 18.6 Å². The Morgan fingerprint density at radius 1 is 1.06 bits per heavy atom. The highest BCUT2D eigenvalue weighted by Crippen LogP contribution is 2.16. The van der Waals surface area contributed by atoms with Gasteiger partial charge in [-0.05, 0) is 6.42 Å². The molecule has 0 saturated carbocycles. The number of benzene rings is 1. The quantitative estimate of drug-likeness (QED) is 0.577. The van der Waals surface area contributed by atoms with E-state index in [1.807, 2.05) is 0 Å². The monoisotopic (exact) mass is 263 g/mol. The number of nitrogens with one attached hydrogen (secondary N) is 1. The van der Waals surface area contributed by atoms with E-state index < -0.39 is 17.5 Å². The van der Waals surface area contributed by atoms with E-state index in [-0.39, 0.29) is 5.69 Å². The van der Waals surface area contributed by atoms with E-state index >= 15 is 0 Å². The van der Waals surface area contributed by atoms with E-state index in [9.17, 15) is 13.2 Å². The zero-order valence-electron chi connectivity index (χ0n) is 10.1. The maximum absolute atomic E-state index is 12.9. The summed E-state index contributed by atoms with van der Waals surface area (Å²) in [6.07, 6.45) is 0.788. The van der Waals surface area contributed by atoms with Crippen molar-refractivity contribution in [1.82, 2.24) is 0 Å². The number of rotatable bonds is 8. The first-order valence-corrected chi connectivity index (χ1v) is 5.60. The van der Waals surface area contributed by atoms with Gasteiger partial charge in [-0.2, -0.15) is 0 Å². The minimum absolute atomic E-state index is 0.187. The Balaban J connectivity index is 2.23. The molecule has 1 rings (SSSR count). The Morgan fingerprint density at radius 2 is 1.72 bits per heavy atom. The second-order valence-corrected chi connectivity index (χ2v) is 3.64. The van der Waals surface area contributed by atoms with E-state index in [2.05, 4.69) is 5.32 Å². The Kier molecular flexibility index (Phi) is 6.53. The Hall–Kier alpha value is -1.27. The van der Waals surface area contributed by atoms with Crippen LogP contribution in [0.3, 0.4) is 0 Å². The normalized spacial score (nSPS) is 10.7. The maximum Gasteiger partial charge on any atom is 0.194 e. The van der Waals surface area contributed by atoms with Gasteiger partial charge < -0.3 is 14.8 Å². The molecule has 0 unspecified atom stereocenters. The predicted octanol–water partition coefficient (Wildman–Crippen LogP) is 2.57. The number of ether oxygens (including phenoxy) is 2. The number of halogens is 3. The molecule has 0 heterocycles. The van der Waals surface area contributed by atoms with Gasteiger partial charge in [0.25, 0.3) is 0 Å². The lowest BCUT2D eigenvalue weighted by molar-refractivity contribution is 0.109. The molecule has 0 saturated heterocycles. The largest absolute Gasteiger partial charge is 0.385 e. The van der Waals surface area contributed by atoms with Crippen LogP contribution >= 0.6 is 0 Å². The molecular weight excluding hydrogens is 247 g/mol. The van der Waals surface area contributed by atoms with Crippen molar-refractivity contribution in [3.8, 4) is 0 Å². The van der Waals surface area contributed by atoms with E-state index in [4.69, 9.17) is 9.47 Å². The van der Waals surface area contributed by atoms with Crippen LogP contribution in [0.2, 0.25) is 0 Å². The maximum atomic E-state index is 12.9. The molecule has 0 aromatic heterocycles. The Morgan fingerprint density at radius 3 is 2.33 bits per heavy atom. The molecule has 1 aromatic rings. The molecule has 1 aromatic carbocycles. The van der Waals surface area contributed by atoms with Crippen molar-refractivity contribution in [2.75, 3.05) is 38.8 Å². The molecule has 0 aliphatic rings. The van der Waals surface area contributed by atoms with Crippen LogP contribution in [0, 0.1) is 17.5 Å².